The number of aryl methyl sites for hydroxylation is 1. The highest BCUT2D eigenvalue weighted by molar-refractivity contribution is 6.22. The van der Waals surface area contributed by atoms with Crippen molar-refractivity contribution in [3.63, 3.8) is 0 Å². The summed E-state index contributed by atoms with van der Waals surface area (Å²) >= 11 is 0. The van der Waals surface area contributed by atoms with E-state index in [-0.39, 0.29) is 12.0 Å². The van der Waals surface area contributed by atoms with Gasteiger partial charge in [-0.25, -0.2) is 14.1 Å². The van der Waals surface area contributed by atoms with E-state index in [1.807, 2.05) is 13.0 Å². The van der Waals surface area contributed by atoms with Crippen LogP contribution in [0.25, 0.3) is 0 Å². The number of fused-ring (bicyclic) bond motifs is 1. The Balaban J connectivity index is 1.80. The van der Waals surface area contributed by atoms with Crippen LogP contribution in [0, 0.1) is 12.7 Å². The van der Waals surface area contributed by atoms with Gasteiger partial charge in [0.05, 0.1) is 12.1 Å². The quantitative estimate of drug-likeness (QED) is 0.880. The molecule has 2 aromatic rings. The second kappa shape index (κ2) is 5.64. The molecule has 116 valence electrons. The molecule has 23 heavy (non-hydrogen) atoms. The number of rotatable bonds is 1. The van der Waals surface area contributed by atoms with E-state index in [4.69, 9.17) is 0 Å². The molecule has 6 heteroatoms. The van der Waals surface area contributed by atoms with Crippen molar-refractivity contribution in [2.24, 2.45) is 0 Å². The largest absolute Gasteiger partial charge is 0.335 e. The van der Waals surface area contributed by atoms with E-state index in [1.54, 1.807) is 12.1 Å². The Kier molecular flexibility index (Phi) is 3.65. The molecule has 1 aliphatic rings. The predicted octanol–water partition coefficient (Wildman–Crippen LogP) is 2.57. The van der Waals surface area contributed by atoms with Crippen molar-refractivity contribution in [3.8, 4) is 0 Å². The number of carbonyl (C=O) groups is 3. The summed E-state index contributed by atoms with van der Waals surface area (Å²) in [4.78, 5) is 37.3. The Morgan fingerprint density at radius 3 is 2.52 bits per heavy atom. The number of nitrogens with one attached hydrogen (secondary N) is 1. The summed E-state index contributed by atoms with van der Waals surface area (Å²) in [6, 6.07) is 9.27. The standard InChI is InChI=1S/C17H13FN2O3/c1-10-2-7-14-12(8-10)9-15(21)20(14)17(23)19-16(22)11-3-5-13(18)6-4-11/h2-8H,9H2,1H3,(H,19,22,23). The third-order valence-electron chi connectivity index (χ3n) is 3.60. The molecular weight excluding hydrogens is 299 g/mol. The SMILES string of the molecule is Cc1ccc2c(c1)CC(=O)N2C(=O)NC(=O)c1ccc(F)cc1. The third-order valence-corrected chi connectivity index (χ3v) is 3.60. The first-order valence-corrected chi connectivity index (χ1v) is 6.99. The maximum Gasteiger partial charge on any atom is 0.335 e. The van der Waals surface area contributed by atoms with Crippen molar-refractivity contribution in [2.75, 3.05) is 4.90 Å². The van der Waals surface area contributed by atoms with Crippen molar-refractivity contribution in [1.29, 1.82) is 0 Å². The number of hydrogen-bond acceptors (Lipinski definition) is 3. The fraction of sp³-hybridized carbons (Fsp3) is 0.118. The minimum absolute atomic E-state index is 0.120. The van der Waals surface area contributed by atoms with Gasteiger partial charge < -0.3 is 0 Å². The van der Waals surface area contributed by atoms with Gasteiger partial charge in [-0.15, -0.1) is 0 Å². The maximum absolute atomic E-state index is 12.9. The lowest BCUT2D eigenvalue weighted by molar-refractivity contribution is -0.116. The van der Waals surface area contributed by atoms with E-state index in [9.17, 15) is 18.8 Å². The maximum atomic E-state index is 12.9. The van der Waals surface area contributed by atoms with Crippen LogP contribution in [0.5, 0.6) is 0 Å². The van der Waals surface area contributed by atoms with Crippen molar-refractivity contribution in [1.82, 2.24) is 5.32 Å². The first kappa shape index (κ1) is 14.9. The van der Waals surface area contributed by atoms with Crippen LogP contribution in [0.15, 0.2) is 42.5 Å². The summed E-state index contributed by atoms with van der Waals surface area (Å²) in [5.41, 5.74) is 2.35. The minimum Gasteiger partial charge on any atom is -0.274 e. The van der Waals surface area contributed by atoms with E-state index >= 15 is 0 Å². The summed E-state index contributed by atoms with van der Waals surface area (Å²) in [5.74, 6) is -1.56. The molecule has 3 rings (SSSR count). The number of amides is 4. The molecule has 1 heterocycles. The summed E-state index contributed by atoms with van der Waals surface area (Å²) in [6.07, 6.45) is 0.120. The molecule has 5 nitrogen and oxygen atoms in total. The smallest absolute Gasteiger partial charge is 0.274 e. The highest BCUT2D eigenvalue weighted by atomic mass is 19.1. The number of hydrogen-bond donors (Lipinski definition) is 1. The second-order valence-corrected chi connectivity index (χ2v) is 5.30. The van der Waals surface area contributed by atoms with Gasteiger partial charge >= 0.3 is 6.03 Å². The molecule has 0 aliphatic carbocycles. The van der Waals surface area contributed by atoms with Crippen molar-refractivity contribution in [3.05, 3.63) is 65.0 Å². The molecule has 0 fully saturated rings. The Bertz CT molecular complexity index is 815. The van der Waals surface area contributed by atoms with Crippen LogP contribution >= 0.6 is 0 Å². The zero-order valence-electron chi connectivity index (χ0n) is 12.3. The molecule has 0 aromatic heterocycles. The van der Waals surface area contributed by atoms with Crippen LogP contribution in [0.1, 0.15) is 21.5 Å². The average molecular weight is 312 g/mol. The van der Waals surface area contributed by atoms with Crippen LogP contribution in [0.3, 0.4) is 0 Å². The van der Waals surface area contributed by atoms with E-state index in [1.165, 1.54) is 12.1 Å². The zero-order valence-corrected chi connectivity index (χ0v) is 12.3. The number of halogens is 1. The van der Waals surface area contributed by atoms with Gasteiger partial charge in [-0.1, -0.05) is 17.7 Å². The molecular formula is C17H13FN2O3. The number of urea groups is 1. The monoisotopic (exact) mass is 312 g/mol. The molecule has 0 saturated heterocycles. The van der Waals surface area contributed by atoms with Gasteiger partial charge in [0, 0.05) is 5.56 Å². The van der Waals surface area contributed by atoms with Crippen molar-refractivity contribution in [2.45, 2.75) is 13.3 Å². The Morgan fingerprint density at radius 1 is 1.13 bits per heavy atom. The van der Waals surface area contributed by atoms with Crippen LogP contribution < -0.4 is 10.2 Å². The Labute approximate surface area is 131 Å². The molecule has 0 atom stereocenters. The van der Waals surface area contributed by atoms with Gasteiger partial charge in [-0.05, 0) is 42.8 Å². The molecule has 2 aromatic carbocycles. The van der Waals surface area contributed by atoms with Crippen LogP contribution in [0.2, 0.25) is 0 Å². The minimum atomic E-state index is -0.813. The van der Waals surface area contributed by atoms with E-state index in [2.05, 4.69) is 5.32 Å². The highest BCUT2D eigenvalue weighted by Gasteiger charge is 2.33. The average Bonchev–Trinajstić information content (AvgIpc) is 2.82. The van der Waals surface area contributed by atoms with Gasteiger partial charge in [-0.2, -0.15) is 0 Å². The summed E-state index contributed by atoms with van der Waals surface area (Å²) in [6.45, 7) is 1.89. The van der Waals surface area contributed by atoms with Gasteiger partial charge in [0.2, 0.25) is 5.91 Å². The normalized spacial score (nSPS) is 13.0. The topological polar surface area (TPSA) is 66.5 Å². The molecule has 0 spiro atoms. The molecule has 1 aliphatic heterocycles. The first-order chi connectivity index (χ1) is 11.0. The van der Waals surface area contributed by atoms with Crippen LogP contribution in [-0.2, 0) is 11.2 Å². The third kappa shape index (κ3) is 2.83. The zero-order chi connectivity index (χ0) is 16.6. The van der Waals surface area contributed by atoms with E-state index < -0.39 is 23.7 Å². The van der Waals surface area contributed by atoms with Crippen LogP contribution in [0.4, 0.5) is 14.9 Å². The predicted molar refractivity (Wildman–Crippen MR) is 81.6 cm³/mol. The van der Waals surface area contributed by atoms with Gasteiger partial charge in [-0.3, -0.25) is 14.9 Å². The molecule has 1 N–H and O–H groups in total. The van der Waals surface area contributed by atoms with Crippen molar-refractivity contribution < 1.29 is 18.8 Å². The lowest BCUT2D eigenvalue weighted by atomic mass is 10.1. The van der Waals surface area contributed by atoms with E-state index in [0.717, 1.165) is 28.2 Å². The van der Waals surface area contributed by atoms with Gasteiger partial charge in [0.1, 0.15) is 5.82 Å². The Hall–Kier alpha value is -3.02. The lowest BCUT2D eigenvalue weighted by Gasteiger charge is -2.16. The lowest BCUT2D eigenvalue weighted by Crippen LogP contribution is -2.44. The molecule has 0 radical (unpaired) electrons. The van der Waals surface area contributed by atoms with E-state index in [0.29, 0.717) is 5.69 Å². The highest BCUT2D eigenvalue weighted by Crippen LogP contribution is 2.29. The number of carbonyl (C=O) groups excluding carboxylic acids is 3. The summed E-state index contributed by atoms with van der Waals surface area (Å²) in [7, 11) is 0. The molecule has 0 saturated carbocycles. The second-order valence-electron chi connectivity index (χ2n) is 5.30. The molecule has 0 unspecified atom stereocenters. The molecule has 4 amide bonds. The van der Waals surface area contributed by atoms with Gasteiger partial charge in [0.15, 0.2) is 0 Å². The fourth-order valence-corrected chi connectivity index (χ4v) is 2.50. The molecule has 0 bridgehead atoms. The number of anilines is 1. The number of benzene rings is 2. The number of imide groups is 2. The number of nitrogens with zero attached hydrogens (tertiary/aromatic N) is 1. The Morgan fingerprint density at radius 2 is 1.83 bits per heavy atom. The summed E-state index contributed by atoms with van der Waals surface area (Å²) < 4.78 is 12.9. The first-order valence-electron chi connectivity index (χ1n) is 6.99. The van der Waals surface area contributed by atoms with Crippen molar-refractivity contribution >= 4 is 23.5 Å². The van der Waals surface area contributed by atoms with Gasteiger partial charge in [0.25, 0.3) is 5.91 Å². The summed E-state index contributed by atoms with van der Waals surface area (Å²) in [5, 5.41) is 2.15. The fourth-order valence-electron chi connectivity index (χ4n) is 2.50. The van der Waals surface area contributed by atoms with Crippen LogP contribution in [-0.4, -0.2) is 17.8 Å².